The predicted octanol–water partition coefficient (Wildman–Crippen LogP) is 2.77. The lowest BCUT2D eigenvalue weighted by Crippen LogP contribution is -2.46. The largest absolute Gasteiger partial charge is 0.377 e. The lowest BCUT2D eigenvalue weighted by Gasteiger charge is -2.36. The lowest BCUT2D eigenvalue weighted by molar-refractivity contribution is -0.0191. The highest BCUT2D eigenvalue weighted by Crippen LogP contribution is 2.30. The molecule has 5 heteroatoms. The third-order valence-corrected chi connectivity index (χ3v) is 5.40. The zero-order valence-corrected chi connectivity index (χ0v) is 14.8. The summed E-state index contributed by atoms with van der Waals surface area (Å²) >= 11 is 0. The van der Waals surface area contributed by atoms with Crippen molar-refractivity contribution in [2.24, 2.45) is 5.92 Å². The van der Waals surface area contributed by atoms with Gasteiger partial charge in [-0.1, -0.05) is 26.2 Å². The number of nitrogens with one attached hydrogen (secondary N) is 1. The van der Waals surface area contributed by atoms with Crippen LogP contribution in [0.2, 0.25) is 0 Å². The Morgan fingerprint density at radius 2 is 1.86 bits per heavy atom. The Kier molecular flexibility index (Phi) is 8.83. The van der Waals surface area contributed by atoms with Crippen LogP contribution in [-0.2, 0) is 14.6 Å². The van der Waals surface area contributed by atoms with E-state index >= 15 is 0 Å². The van der Waals surface area contributed by atoms with E-state index in [0.717, 1.165) is 19.6 Å². The maximum atomic E-state index is 11.3. The fraction of sp³-hybridized carbons (Fsp3) is 1.00. The summed E-state index contributed by atoms with van der Waals surface area (Å²) < 4.78 is 28.7. The second-order valence-corrected chi connectivity index (χ2v) is 8.51. The van der Waals surface area contributed by atoms with Crippen LogP contribution in [0, 0.1) is 5.92 Å². The van der Waals surface area contributed by atoms with Crippen molar-refractivity contribution in [1.82, 2.24) is 5.32 Å². The van der Waals surface area contributed by atoms with Gasteiger partial charge in [-0.05, 0) is 45.1 Å². The van der Waals surface area contributed by atoms with E-state index in [9.17, 15) is 8.42 Å². The molecule has 0 amide bonds. The summed E-state index contributed by atoms with van der Waals surface area (Å²) in [6.45, 7) is 5.79. The minimum Gasteiger partial charge on any atom is -0.377 e. The fourth-order valence-corrected chi connectivity index (χ4v) is 4.14. The molecule has 0 bridgehead atoms. The highest BCUT2D eigenvalue weighted by Gasteiger charge is 2.30. The van der Waals surface area contributed by atoms with E-state index in [4.69, 9.17) is 4.74 Å². The first-order chi connectivity index (χ1) is 9.98. The van der Waals surface area contributed by atoms with Crippen molar-refractivity contribution < 1.29 is 13.2 Å². The van der Waals surface area contributed by atoms with Crippen LogP contribution in [0.5, 0.6) is 0 Å². The number of hydrogen-bond acceptors (Lipinski definition) is 4. The van der Waals surface area contributed by atoms with Gasteiger partial charge in [-0.25, -0.2) is 8.42 Å². The standard InChI is InChI=1S/C16H33NO3S/c1-4-17-15(12-9-13-21(3,18)19)16(20-5-2)14-10-7-6-8-11-14/h14-17H,4-13H2,1-3H3. The minimum absolute atomic E-state index is 0.231. The van der Waals surface area contributed by atoms with E-state index in [0.29, 0.717) is 12.3 Å². The van der Waals surface area contributed by atoms with E-state index in [1.54, 1.807) is 0 Å². The Labute approximate surface area is 130 Å². The molecule has 0 saturated heterocycles. The van der Waals surface area contributed by atoms with Crippen LogP contribution in [0.25, 0.3) is 0 Å². The molecule has 0 aromatic heterocycles. The summed E-state index contributed by atoms with van der Waals surface area (Å²) in [6.07, 6.45) is 9.58. The van der Waals surface area contributed by atoms with Crippen molar-refractivity contribution in [3.63, 3.8) is 0 Å². The van der Waals surface area contributed by atoms with Gasteiger partial charge < -0.3 is 10.1 Å². The average molecular weight is 320 g/mol. The lowest BCUT2D eigenvalue weighted by atomic mass is 9.81. The molecule has 2 atom stereocenters. The Morgan fingerprint density at radius 1 is 1.19 bits per heavy atom. The molecule has 0 aromatic rings. The van der Waals surface area contributed by atoms with Gasteiger partial charge in [0.25, 0.3) is 0 Å². The van der Waals surface area contributed by atoms with Gasteiger partial charge in [-0.2, -0.15) is 0 Å². The van der Waals surface area contributed by atoms with Crippen LogP contribution in [-0.4, -0.2) is 45.7 Å². The molecule has 2 unspecified atom stereocenters. The molecular formula is C16H33NO3S. The highest BCUT2D eigenvalue weighted by molar-refractivity contribution is 7.90. The molecule has 126 valence electrons. The third-order valence-electron chi connectivity index (χ3n) is 4.37. The smallest absolute Gasteiger partial charge is 0.147 e. The quantitative estimate of drug-likeness (QED) is 0.673. The second kappa shape index (κ2) is 9.80. The van der Waals surface area contributed by atoms with E-state index in [2.05, 4.69) is 19.2 Å². The summed E-state index contributed by atoms with van der Waals surface area (Å²) in [4.78, 5) is 0. The fourth-order valence-electron chi connectivity index (χ4n) is 3.45. The van der Waals surface area contributed by atoms with Gasteiger partial charge in [-0.3, -0.25) is 0 Å². The summed E-state index contributed by atoms with van der Waals surface area (Å²) in [6, 6.07) is 0.278. The Bertz CT molecular complexity index is 364. The second-order valence-electron chi connectivity index (χ2n) is 6.25. The minimum atomic E-state index is -2.87. The molecule has 4 nitrogen and oxygen atoms in total. The van der Waals surface area contributed by atoms with Crippen LogP contribution in [0.1, 0.15) is 58.8 Å². The summed E-state index contributed by atoms with van der Waals surface area (Å²) in [5.74, 6) is 0.902. The highest BCUT2D eigenvalue weighted by atomic mass is 32.2. The van der Waals surface area contributed by atoms with Crippen molar-refractivity contribution in [3.05, 3.63) is 0 Å². The Hall–Kier alpha value is -0.130. The number of hydrogen-bond donors (Lipinski definition) is 1. The topological polar surface area (TPSA) is 55.4 Å². The molecule has 1 fully saturated rings. The first-order valence-electron chi connectivity index (χ1n) is 8.50. The summed E-state index contributed by atoms with van der Waals surface area (Å²) in [5, 5.41) is 3.53. The SMILES string of the molecule is CCNC(CCCS(C)(=O)=O)C(OCC)C1CCCCC1. The van der Waals surface area contributed by atoms with Crippen LogP contribution in [0.4, 0.5) is 0 Å². The number of rotatable bonds is 10. The molecule has 0 heterocycles. The first-order valence-corrected chi connectivity index (χ1v) is 10.6. The van der Waals surface area contributed by atoms with Crippen molar-refractivity contribution >= 4 is 9.84 Å². The van der Waals surface area contributed by atoms with Crippen molar-refractivity contribution in [2.45, 2.75) is 70.9 Å². The molecule has 21 heavy (non-hydrogen) atoms. The Morgan fingerprint density at radius 3 is 2.38 bits per heavy atom. The van der Waals surface area contributed by atoms with Gasteiger partial charge in [-0.15, -0.1) is 0 Å². The van der Waals surface area contributed by atoms with Crippen LogP contribution < -0.4 is 5.32 Å². The molecule has 0 aliphatic heterocycles. The maximum Gasteiger partial charge on any atom is 0.147 e. The van der Waals surface area contributed by atoms with Crippen molar-refractivity contribution in [1.29, 1.82) is 0 Å². The molecule has 0 radical (unpaired) electrons. The van der Waals surface area contributed by atoms with Gasteiger partial charge in [0.1, 0.15) is 9.84 Å². The molecule has 1 aliphatic rings. The van der Waals surface area contributed by atoms with Gasteiger partial charge in [0, 0.05) is 24.7 Å². The number of likely N-dealkylation sites (N-methyl/N-ethyl adjacent to an activating group) is 1. The number of ether oxygens (including phenoxy) is 1. The maximum absolute atomic E-state index is 11.3. The van der Waals surface area contributed by atoms with E-state index in [-0.39, 0.29) is 17.9 Å². The zero-order valence-electron chi connectivity index (χ0n) is 13.9. The van der Waals surface area contributed by atoms with Crippen LogP contribution in [0.3, 0.4) is 0 Å². The summed E-state index contributed by atoms with van der Waals surface area (Å²) in [5.41, 5.74) is 0. The average Bonchev–Trinajstić information content (AvgIpc) is 2.44. The van der Waals surface area contributed by atoms with E-state index < -0.39 is 9.84 Å². The van der Waals surface area contributed by atoms with Gasteiger partial charge in [0.2, 0.25) is 0 Å². The molecule has 0 aromatic carbocycles. The molecule has 1 aliphatic carbocycles. The number of sulfone groups is 1. The van der Waals surface area contributed by atoms with Crippen molar-refractivity contribution in [3.8, 4) is 0 Å². The first kappa shape index (κ1) is 18.9. The van der Waals surface area contributed by atoms with Gasteiger partial charge in [0.15, 0.2) is 0 Å². The normalized spacial score (nSPS) is 20.3. The van der Waals surface area contributed by atoms with Crippen LogP contribution >= 0.6 is 0 Å². The van der Waals surface area contributed by atoms with E-state index in [1.807, 2.05) is 0 Å². The van der Waals surface area contributed by atoms with Crippen molar-refractivity contribution in [2.75, 3.05) is 25.2 Å². The molecular weight excluding hydrogens is 286 g/mol. The van der Waals surface area contributed by atoms with E-state index in [1.165, 1.54) is 38.4 Å². The van der Waals surface area contributed by atoms with Crippen LogP contribution in [0.15, 0.2) is 0 Å². The summed E-state index contributed by atoms with van der Waals surface area (Å²) in [7, 11) is -2.87. The van der Waals surface area contributed by atoms with Gasteiger partial charge >= 0.3 is 0 Å². The Balaban J connectivity index is 2.62. The third kappa shape index (κ3) is 7.61. The molecule has 0 spiro atoms. The molecule has 1 saturated carbocycles. The molecule has 1 N–H and O–H groups in total. The molecule has 1 rings (SSSR count). The zero-order chi connectivity index (χ0) is 15.7. The monoisotopic (exact) mass is 319 g/mol. The van der Waals surface area contributed by atoms with Gasteiger partial charge in [0.05, 0.1) is 6.10 Å². The predicted molar refractivity (Wildman–Crippen MR) is 88.4 cm³/mol.